The van der Waals surface area contributed by atoms with Crippen LogP contribution in [0.2, 0.25) is 0 Å². The molecule has 2 aliphatic heterocycles. The lowest BCUT2D eigenvalue weighted by molar-refractivity contribution is -0.153. The highest BCUT2D eigenvalue weighted by Gasteiger charge is 2.37. The Morgan fingerprint density at radius 1 is 1.33 bits per heavy atom. The van der Waals surface area contributed by atoms with Crippen LogP contribution in [0.25, 0.3) is 0 Å². The Kier molecular flexibility index (Phi) is 5.19. The number of ether oxygens (including phenoxy) is 2. The van der Waals surface area contributed by atoms with E-state index in [-0.39, 0.29) is 30.3 Å². The smallest absolute Gasteiger partial charge is 0.311 e. The van der Waals surface area contributed by atoms with Gasteiger partial charge in [0.1, 0.15) is 6.61 Å². The molecule has 1 amide bonds. The van der Waals surface area contributed by atoms with Gasteiger partial charge in [-0.15, -0.1) is 0 Å². The molecule has 2 fully saturated rings. The highest BCUT2D eigenvalue weighted by Crippen LogP contribution is 2.30. The number of aryl methyl sites for hydroxylation is 1. The average molecular weight is 331 g/mol. The van der Waals surface area contributed by atoms with Gasteiger partial charge < -0.3 is 14.4 Å². The molecule has 0 aliphatic carbocycles. The van der Waals surface area contributed by atoms with Gasteiger partial charge in [0, 0.05) is 25.3 Å². The molecule has 2 unspecified atom stereocenters. The number of esters is 1. The van der Waals surface area contributed by atoms with E-state index in [2.05, 4.69) is 0 Å². The van der Waals surface area contributed by atoms with Gasteiger partial charge >= 0.3 is 5.97 Å². The zero-order valence-electron chi connectivity index (χ0n) is 14.4. The van der Waals surface area contributed by atoms with Crippen molar-refractivity contribution in [3.63, 3.8) is 0 Å². The zero-order valence-corrected chi connectivity index (χ0v) is 14.4. The van der Waals surface area contributed by atoms with Crippen LogP contribution in [0.1, 0.15) is 36.8 Å². The molecule has 2 atom stereocenters. The number of carbonyl (C=O) groups excluding carboxylic acids is 2. The molecule has 0 radical (unpaired) electrons. The van der Waals surface area contributed by atoms with E-state index in [0.29, 0.717) is 13.2 Å². The molecule has 0 aromatic heterocycles. The van der Waals surface area contributed by atoms with Crippen LogP contribution in [-0.2, 0) is 19.1 Å². The lowest BCUT2D eigenvalue weighted by Gasteiger charge is -2.23. The summed E-state index contributed by atoms with van der Waals surface area (Å²) in [7, 11) is 0. The topological polar surface area (TPSA) is 55.8 Å². The molecule has 1 aromatic carbocycles. The largest absolute Gasteiger partial charge is 0.463 e. The number of carbonyl (C=O) groups is 2. The van der Waals surface area contributed by atoms with E-state index in [0.717, 1.165) is 42.7 Å². The molecule has 2 saturated heterocycles. The molecule has 0 N–H and O–H groups in total. The van der Waals surface area contributed by atoms with Crippen molar-refractivity contribution < 1.29 is 19.1 Å². The van der Waals surface area contributed by atoms with Crippen LogP contribution < -0.4 is 4.90 Å². The minimum absolute atomic E-state index is 0.00919. The molecular weight excluding hydrogens is 306 g/mol. The summed E-state index contributed by atoms with van der Waals surface area (Å²) in [5.41, 5.74) is 3.11. The van der Waals surface area contributed by atoms with Crippen molar-refractivity contribution in [2.75, 3.05) is 24.7 Å². The van der Waals surface area contributed by atoms with E-state index in [1.807, 2.05) is 32.0 Å². The molecule has 0 saturated carbocycles. The van der Waals surface area contributed by atoms with Gasteiger partial charge in [-0.3, -0.25) is 9.59 Å². The maximum atomic E-state index is 12.4. The second-order valence-electron chi connectivity index (χ2n) is 6.74. The van der Waals surface area contributed by atoms with E-state index >= 15 is 0 Å². The molecular formula is C19H25NO4. The lowest BCUT2D eigenvalue weighted by Crippen LogP contribution is -2.30. The van der Waals surface area contributed by atoms with Gasteiger partial charge in [0.25, 0.3) is 0 Å². The summed E-state index contributed by atoms with van der Waals surface area (Å²) in [6.07, 6.45) is 3.36. The first kappa shape index (κ1) is 17.0. The predicted octanol–water partition coefficient (Wildman–Crippen LogP) is 2.77. The first-order valence-electron chi connectivity index (χ1n) is 8.71. The number of hydrogen-bond acceptors (Lipinski definition) is 4. The van der Waals surface area contributed by atoms with Crippen LogP contribution >= 0.6 is 0 Å². The Balaban J connectivity index is 1.59. The maximum Gasteiger partial charge on any atom is 0.311 e. The van der Waals surface area contributed by atoms with E-state index in [9.17, 15) is 9.59 Å². The Morgan fingerprint density at radius 3 is 2.92 bits per heavy atom. The van der Waals surface area contributed by atoms with Crippen LogP contribution in [0.15, 0.2) is 18.2 Å². The van der Waals surface area contributed by atoms with E-state index in [1.54, 1.807) is 4.90 Å². The minimum atomic E-state index is -0.388. The third-order valence-electron chi connectivity index (χ3n) is 5.01. The van der Waals surface area contributed by atoms with E-state index in [1.165, 1.54) is 0 Å². The summed E-state index contributed by atoms with van der Waals surface area (Å²) >= 11 is 0. The summed E-state index contributed by atoms with van der Waals surface area (Å²) in [5, 5.41) is 0. The first-order valence-corrected chi connectivity index (χ1v) is 8.71. The predicted molar refractivity (Wildman–Crippen MR) is 90.9 cm³/mol. The lowest BCUT2D eigenvalue weighted by atomic mass is 10.1. The molecule has 24 heavy (non-hydrogen) atoms. The number of rotatable bonds is 4. The van der Waals surface area contributed by atoms with Crippen molar-refractivity contribution in [1.29, 1.82) is 0 Å². The van der Waals surface area contributed by atoms with E-state index < -0.39 is 0 Å². The number of amides is 1. The first-order chi connectivity index (χ1) is 11.6. The SMILES string of the molecule is Cc1cccc(N2CC(C(=O)OCC3CCCCO3)CC2=O)c1C. The Labute approximate surface area is 142 Å². The van der Waals surface area contributed by atoms with Crippen molar-refractivity contribution in [2.24, 2.45) is 5.92 Å². The second kappa shape index (κ2) is 7.34. The van der Waals surface area contributed by atoms with Crippen LogP contribution in [-0.4, -0.2) is 37.7 Å². The van der Waals surface area contributed by atoms with Crippen molar-refractivity contribution in [2.45, 2.75) is 45.6 Å². The van der Waals surface area contributed by atoms with Crippen LogP contribution in [0, 0.1) is 19.8 Å². The highest BCUT2D eigenvalue weighted by molar-refractivity contribution is 6.00. The molecule has 130 valence electrons. The number of benzene rings is 1. The molecule has 0 spiro atoms. The van der Waals surface area contributed by atoms with Crippen LogP contribution in [0.5, 0.6) is 0 Å². The van der Waals surface area contributed by atoms with Gasteiger partial charge in [-0.1, -0.05) is 12.1 Å². The van der Waals surface area contributed by atoms with E-state index in [4.69, 9.17) is 9.47 Å². The summed E-state index contributed by atoms with van der Waals surface area (Å²) in [4.78, 5) is 26.4. The van der Waals surface area contributed by atoms with Gasteiger partial charge in [-0.2, -0.15) is 0 Å². The maximum absolute atomic E-state index is 12.4. The minimum Gasteiger partial charge on any atom is -0.463 e. The third-order valence-corrected chi connectivity index (χ3v) is 5.01. The fourth-order valence-corrected chi connectivity index (χ4v) is 3.36. The molecule has 1 aromatic rings. The Morgan fingerprint density at radius 2 is 2.17 bits per heavy atom. The van der Waals surface area contributed by atoms with Crippen LogP contribution in [0.3, 0.4) is 0 Å². The number of hydrogen-bond donors (Lipinski definition) is 0. The molecule has 5 nitrogen and oxygen atoms in total. The third kappa shape index (κ3) is 3.61. The highest BCUT2D eigenvalue weighted by atomic mass is 16.6. The normalized spacial score (nSPS) is 24.2. The summed E-state index contributed by atoms with van der Waals surface area (Å²) in [6.45, 7) is 5.46. The monoisotopic (exact) mass is 331 g/mol. The van der Waals surface area contributed by atoms with Crippen molar-refractivity contribution in [3.05, 3.63) is 29.3 Å². The Bertz CT molecular complexity index is 622. The quantitative estimate of drug-likeness (QED) is 0.796. The standard InChI is InChI=1S/C19H25NO4/c1-13-6-5-8-17(14(13)2)20-11-15(10-18(20)21)19(22)24-12-16-7-3-4-9-23-16/h5-6,8,15-16H,3-4,7,9-12H2,1-2H3. The fourth-order valence-electron chi connectivity index (χ4n) is 3.36. The van der Waals surface area contributed by atoms with Crippen molar-refractivity contribution in [1.82, 2.24) is 0 Å². The molecule has 0 bridgehead atoms. The number of anilines is 1. The van der Waals surface area contributed by atoms with Gasteiger partial charge in [-0.25, -0.2) is 0 Å². The molecule has 5 heteroatoms. The molecule has 2 aliphatic rings. The van der Waals surface area contributed by atoms with Gasteiger partial charge in [-0.05, 0) is 50.3 Å². The summed E-state index contributed by atoms with van der Waals surface area (Å²) in [6, 6.07) is 5.90. The average Bonchev–Trinajstić information content (AvgIpc) is 2.98. The molecule has 2 heterocycles. The van der Waals surface area contributed by atoms with Crippen LogP contribution in [0.4, 0.5) is 5.69 Å². The van der Waals surface area contributed by atoms with Crippen molar-refractivity contribution >= 4 is 17.6 Å². The fraction of sp³-hybridized carbons (Fsp3) is 0.579. The van der Waals surface area contributed by atoms with Crippen molar-refractivity contribution in [3.8, 4) is 0 Å². The second-order valence-corrected chi connectivity index (χ2v) is 6.74. The molecule has 3 rings (SSSR count). The van der Waals surface area contributed by atoms with Gasteiger partial charge in [0.15, 0.2) is 0 Å². The summed E-state index contributed by atoms with van der Waals surface area (Å²) in [5.74, 6) is -0.689. The zero-order chi connectivity index (χ0) is 17.1. The Hall–Kier alpha value is -1.88. The number of nitrogens with zero attached hydrogens (tertiary/aromatic N) is 1. The van der Waals surface area contributed by atoms with Gasteiger partial charge in [0.2, 0.25) is 5.91 Å². The van der Waals surface area contributed by atoms with Gasteiger partial charge in [0.05, 0.1) is 12.0 Å². The summed E-state index contributed by atoms with van der Waals surface area (Å²) < 4.78 is 11.0.